The standard InChI is InChI=1S/C19H23ClN2OS/c20-15-5-7-16(8-6-15)24-19-4-2-1-3-17(19)18(9-14-23)22-12-10-21-11-13-22/h1-8,18,21,23H,9-14H2/t18-/m0/s1. The lowest BCUT2D eigenvalue weighted by atomic mass is 10.0. The summed E-state index contributed by atoms with van der Waals surface area (Å²) in [4.78, 5) is 4.90. The van der Waals surface area contributed by atoms with Crippen LogP contribution in [0.15, 0.2) is 58.3 Å². The normalized spacial score (nSPS) is 16.9. The molecule has 2 N–H and O–H groups in total. The molecule has 0 unspecified atom stereocenters. The Morgan fingerprint density at radius 1 is 1.08 bits per heavy atom. The fourth-order valence-corrected chi connectivity index (χ4v) is 4.25. The average molecular weight is 363 g/mol. The Bertz CT molecular complexity index is 644. The first-order valence-electron chi connectivity index (χ1n) is 8.36. The van der Waals surface area contributed by atoms with Crippen molar-refractivity contribution in [2.45, 2.75) is 22.3 Å². The monoisotopic (exact) mass is 362 g/mol. The van der Waals surface area contributed by atoms with Gasteiger partial charge in [0, 0.05) is 53.6 Å². The molecule has 2 aromatic carbocycles. The number of rotatable bonds is 6. The Morgan fingerprint density at radius 2 is 1.79 bits per heavy atom. The summed E-state index contributed by atoms with van der Waals surface area (Å²) < 4.78 is 0. The van der Waals surface area contributed by atoms with Crippen molar-refractivity contribution in [3.05, 3.63) is 59.1 Å². The van der Waals surface area contributed by atoms with Crippen LogP contribution in [0.25, 0.3) is 0 Å². The van der Waals surface area contributed by atoms with Gasteiger partial charge in [0.25, 0.3) is 0 Å². The molecule has 1 heterocycles. The Balaban J connectivity index is 1.86. The zero-order chi connectivity index (χ0) is 16.8. The average Bonchev–Trinajstić information content (AvgIpc) is 2.63. The van der Waals surface area contributed by atoms with Gasteiger partial charge in [-0.05, 0) is 42.3 Å². The molecule has 0 saturated carbocycles. The van der Waals surface area contributed by atoms with E-state index in [1.54, 1.807) is 11.8 Å². The second kappa shape index (κ2) is 8.88. The van der Waals surface area contributed by atoms with Crippen LogP contribution in [-0.4, -0.2) is 42.8 Å². The SMILES string of the molecule is OCC[C@@H](c1ccccc1Sc1ccc(Cl)cc1)N1CCNCC1. The molecule has 128 valence electrons. The van der Waals surface area contributed by atoms with E-state index < -0.39 is 0 Å². The lowest BCUT2D eigenvalue weighted by Gasteiger charge is -2.35. The number of piperazine rings is 1. The Labute approximate surface area is 153 Å². The van der Waals surface area contributed by atoms with Crippen LogP contribution >= 0.6 is 23.4 Å². The van der Waals surface area contributed by atoms with E-state index in [1.807, 2.05) is 12.1 Å². The first-order chi connectivity index (χ1) is 11.8. The summed E-state index contributed by atoms with van der Waals surface area (Å²) in [5.41, 5.74) is 1.30. The van der Waals surface area contributed by atoms with Crippen molar-refractivity contribution >= 4 is 23.4 Å². The maximum atomic E-state index is 9.58. The molecule has 0 radical (unpaired) electrons. The van der Waals surface area contributed by atoms with Crippen LogP contribution in [-0.2, 0) is 0 Å². The molecule has 5 heteroatoms. The minimum absolute atomic E-state index is 0.203. The van der Waals surface area contributed by atoms with Crippen molar-refractivity contribution < 1.29 is 5.11 Å². The first kappa shape index (κ1) is 17.8. The Morgan fingerprint density at radius 3 is 2.50 bits per heavy atom. The van der Waals surface area contributed by atoms with Crippen molar-refractivity contribution in [1.29, 1.82) is 0 Å². The van der Waals surface area contributed by atoms with Crippen LogP contribution < -0.4 is 5.32 Å². The summed E-state index contributed by atoms with van der Waals surface area (Å²) in [5, 5.41) is 13.7. The summed E-state index contributed by atoms with van der Waals surface area (Å²) in [6, 6.07) is 16.7. The number of hydrogen-bond acceptors (Lipinski definition) is 4. The van der Waals surface area contributed by atoms with Crippen molar-refractivity contribution in [3.63, 3.8) is 0 Å². The second-order valence-corrected chi connectivity index (χ2v) is 7.46. The van der Waals surface area contributed by atoms with Crippen molar-refractivity contribution in [2.75, 3.05) is 32.8 Å². The van der Waals surface area contributed by atoms with Gasteiger partial charge in [-0.1, -0.05) is 41.6 Å². The highest BCUT2D eigenvalue weighted by Gasteiger charge is 2.23. The number of nitrogens with one attached hydrogen (secondary N) is 1. The quantitative estimate of drug-likeness (QED) is 0.818. The van der Waals surface area contributed by atoms with E-state index in [0.29, 0.717) is 0 Å². The van der Waals surface area contributed by atoms with E-state index in [-0.39, 0.29) is 12.6 Å². The number of halogens is 1. The third-order valence-corrected chi connectivity index (χ3v) is 5.67. The van der Waals surface area contributed by atoms with Crippen molar-refractivity contribution in [3.8, 4) is 0 Å². The molecule has 0 amide bonds. The Hall–Kier alpha value is -1.04. The molecule has 1 saturated heterocycles. The van der Waals surface area contributed by atoms with Crippen LogP contribution in [0.3, 0.4) is 0 Å². The molecule has 1 aliphatic rings. The number of aliphatic hydroxyl groups excluding tert-OH is 1. The molecule has 0 aliphatic carbocycles. The van der Waals surface area contributed by atoms with E-state index in [9.17, 15) is 5.11 Å². The zero-order valence-corrected chi connectivity index (χ0v) is 15.2. The lowest BCUT2D eigenvalue weighted by Crippen LogP contribution is -2.45. The van der Waals surface area contributed by atoms with Crippen LogP contribution in [0.2, 0.25) is 5.02 Å². The van der Waals surface area contributed by atoms with Crippen molar-refractivity contribution in [1.82, 2.24) is 10.2 Å². The summed E-state index contributed by atoms with van der Waals surface area (Å²) in [6.45, 7) is 4.26. The fourth-order valence-electron chi connectivity index (χ4n) is 3.13. The zero-order valence-electron chi connectivity index (χ0n) is 13.6. The van der Waals surface area contributed by atoms with Gasteiger partial charge in [0.05, 0.1) is 0 Å². The summed E-state index contributed by atoms with van der Waals surface area (Å²) in [6.07, 6.45) is 0.762. The minimum atomic E-state index is 0.203. The molecule has 1 aliphatic heterocycles. The van der Waals surface area contributed by atoms with E-state index >= 15 is 0 Å². The number of aliphatic hydroxyl groups is 1. The predicted molar refractivity (Wildman–Crippen MR) is 101 cm³/mol. The Kier molecular flexibility index (Phi) is 6.58. The topological polar surface area (TPSA) is 35.5 Å². The van der Waals surface area contributed by atoms with Gasteiger partial charge in [-0.3, -0.25) is 4.90 Å². The maximum absolute atomic E-state index is 9.58. The van der Waals surface area contributed by atoms with E-state index in [2.05, 4.69) is 46.6 Å². The molecular formula is C19H23ClN2OS. The number of benzene rings is 2. The van der Waals surface area contributed by atoms with Gasteiger partial charge >= 0.3 is 0 Å². The smallest absolute Gasteiger partial charge is 0.0449 e. The molecule has 2 aromatic rings. The highest BCUT2D eigenvalue weighted by molar-refractivity contribution is 7.99. The van der Waals surface area contributed by atoms with E-state index in [0.717, 1.165) is 37.6 Å². The molecule has 0 bridgehead atoms. The van der Waals surface area contributed by atoms with Crippen LogP contribution in [0.5, 0.6) is 0 Å². The van der Waals surface area contributed by atoms with Gasteiger partial charge in [-0.2, -0.15) is 0 Å². The fraction of sp³-hybridized carbons (Fsp3) is 0.368. The minimum Gasteiger partial charge on any atom is -0.396 e. The second-order valence-electron chi connectivity index (χ2n) is 5.91. The van der Waals surface area contributed by atoms with Gasteiger partial charge in [0.15, 0.2) is 0 Å². The van der Waals surface area contributed by atoms with Gasteiger partial charge in [-0.25, -0.2) is 0 Å². The highest BCUT2D eigenvalue weighted by atomic mass is 35.5. The summed E-state index contributed by atoms with van der Waals surface area (Å²) in [5.74, 6) is 0. The molecule has 3 rings (SSSR count). The van der Waals surface area contributed by atoms with Crippen LogP contribution in [0, 0.1) is 0 Å². The largest absolute Gasteiger partial charge is 0.396 e. The van der Waals surface area contributed by atoms with E-state index in [1.165, 1.54) is 15.4 Å². The van der Waals surface area contributed by atoms with Crippen LogP contribution in [0.1, 0.15) is 18.0 Å². The van der Waals surface area contributed by atoms with Crippen molar-refractivity contribution in [2.24, 2.45) is 0 Å². The maximum Gasteiger partial charge on any atom is 0.0449 e. The lowest BCUT2D eigenvalue weighted by molar-refractivity contribution is 0.139. The van der Waals surface area contributed by atoms with Gasteiger partial charge < -0.3 is 10.4 Å². The van der Waals surface area contributed by atoms with Gasteiger partial charge in [-0.15, -0.1) is 0 Å². The van der Waals surface area contributed by atoms with E-state index in [4.69, 9.17) is 11.6 Å². The number of hydrogen-bond donors (Lipinski definition) is 2. The molecule has 0 aromatic heterocycles. The molecule has 3 nitrogen and oxygen atoms in total. The van der Waals surface area contributed by atoms with Crippen LogP contribution in [0.4, 0.5) is 0 Å². The number of nitrogens with zero attached hydrogens (tertiary/aromatic N) is 1. The third kappa shape index (κ3) is 4.52. The summed E-state index contributed by atoms with van der Waals surface area (Å²) >= 11 is 7.75. The molecule has 24 heavy (non-hydrogen) atoms. The molecule has 1 atom stereocenters. The molecule has 0 spiro atoms. The third-order valence-electron chi connectivity index (χ3n) is 4.31. The first-order valence-corrected chi connectivity index (χ1v) is 9.55. The molecular weight excluding hydrogens is 340 g/mol. The highest BCUT2D eigenvalue weighted by Crippen LogP contribution is 2.37. The van der Waals surface area contributed by atoms with Gasteiger partial charge in [0.2, 0.25) is 0 Å². The van der Waals surface area contributed by atoms with Gasteiger partial charge in [0.1, 0.15) is 0 Å². The predicted octanol–water partition coefficient (Wildman–Crippen LogP) is 3.82. The summed E-state index contributed by atoms with van der Waals surface area (Å²) in [7, 11) is 0. The molecule has 1 fully saturated rings.